The van der Waals surface area contributed by atoms with Crippen molar-refractivity contribution in [2.45, 2.75) is 32.2 Å². The number of aryl methyl sites for hydroxylation is 2. The maximum atomic E-state index is 10.9. The first-order chi connectivity index (χ1) is 9.13. The first-order valence-electron chi connectivity index (χ1n) is 6.49. The number of carbonyl (C=O) groups is 1. The normalized spacial score (nSPS) is 18.1. The minimum atomic E-state index is -0.950. The van der Waals surface area contributed by atoms with E-state index in [1.165, 1.54) is 11.1 Å². The van der Waals surface area contributed by atoms with Crippen molar-refractivity contribution in [3.63, 3.8) is 0 Å². The fraction of sp³-hybridized carbons (Fsp3) is 0.333. The van der Waals surface area contributed by atoms with E-state index < -0.39 is 5.97 Å². The quantitative estimate of drug-likeness (QED) is 0.898. The van der Waals surface area contributed by atoms with Crippen LogP contribution in [-0.4, -0.2) is 20.6 Å². The molecular weight excluding hydrogens is 240 g/mol. The number of hydrogen-bond donors (Lipinski definition) is 1. The van der Waals surface area contributed by atoms with Crippen LogP contribution in [0.5, 0.6) is 0 Å². The fourth-order valence-corrected chi connectivity index (χ4v) is 2.74. The second-order valence-corrected chi connectivity index (χ2v) is 5.15. The Kier molecular flexibility index (Phi) is 2.85. The molecule has 0 amide bonds. The standard InChI is InChI=1S/C15H16N2O2/c1-10-3-2-4-11(7-10)12-5-6-14-16-13(15(18)19)9-17(14)8-12/h2-4,7,9,12H,5-6,8H2,1H3,(H,18,19). The summed E-state index contributed by atoms with van der Waals surface area (Å²) in [6.07, 6.45) is 3.52. The molecule has 19 heavy (non-hydrogen) atoms. The van der Waals surface area contributed by atoms with Gasteiger partial charge in [0.25, 0.3) is 0 Å². The largest absolute Gasteiger partial charge is 0.476 e. The summed E-state index contributed by atoms with van der Waals surface area (Å²) in [6, 6.07) is 8.54. The van der Waals surface area contributed by atoms with E-state index in [0.717, 1.165) is 25.2 Å². The van der Waals surface area contributed by atoms with Crippen LogP contribution < -0.4 is 0 Å². The van der Waals surface area contributed by atoms with Gasteiger partial charge in [0, 0.05) is 25.1 Å². The second kappa shape index (κ2) is 4.53. The number of imidazole rings is 1. The van der Waals surface area contributed by atoms with Gasteiger partial charge in [-0.25, -0.2) is 9.78 Å². The molecule has 1 atom stereocenters. The minimum absolute atomic E-state index is 0.153. The highest BCUT2D eigenvalue weighted by atomic mass is 16.4. The Hall–Kier alpha value is -2.10. The Morgan fingerprint density at radius 3 is 3.05 bits per heavy atom. The molecule has 0 saturated heterocycles. The summed E-state index contributed by atoms with van der Waals surface area (Å²) in [5.74, 6) is 0.388. The number of aromatic nitrogens is 2. The number of aromatic carboxylic acids is 1. The molecule has 0 fully saturated rings. The topological polar surface area (TPSA) is 55.1 Å². The van der Waals surface area contributed by atoms with Crippen LogP contribution in [-0.2, 0) is 13.0 Å². The first-order valence-corrected chi connectivity index (χ1v) is 6.49. The summed E-state index contributed by atoms with van der Waals surface area (Å²) < 4.78 is 1.99. The van der Waals surface area contributed by atoms with Gasteiger partial charge in [-0.05, 0) is 18.9 Å². The molecular formula is C15H16N2O2. The molecule has 1 unspecified atom stereocenters. The molecule has 2 aromatic rings. The van der Waals surface area contributed by atoms with Crippen LogP contribution in [0.1, 0.15) is 39.8 Å². The molecule has 0 bridgehead atoms. The van der Waals surface area contributed by atoms with E-state index in [1.807, 2.05) is 4.57 Å². The van der Waals surface area contributed by atoms with Gasteiger partial charge in [0.2, 0.25) is 0 Å². The molecule has 4 heteroatoms. The number of benzene rings is 1. The Bertz CT molecular complexity index is 631. The van der Waals surface area contributed by atoms with E-state index >= 15 is 0 Å². The van der Waals surface area contributed by atoms with Crippen LogP contribution in [0.2, 0.25) is 0 Å². The lowest BCUT2D eigenvalue weighted by Gasteiger charge is -2.24. The van der Waals surface area contributed by atoms with Gasteiger partial charge >= 0.3 is 5.97 Å². The highest BCUT2D eigenvalue weighted by Gasteiger charge is 2.23. The summed E-state index contributed by atoms with van der Waals surface area (Å²) in [4.78, 5) is 15.1. The van der Waals surface area contributed by atoms with Gasteiger partial charge in [0.1, 0.15) is 5.82 Å². The van der Waals surface area contributed by atoms with E-state index in [9.17, 15) is 4.79 Å². The van der Waals surface area contributed by atoms with Gasteiger partial charge in [0.15, 0.2) is 5.69 Å². The summed E-state index contributed by atoms with van der Waals surface area (Å²) >= 11 is 0. The molecule has 1 aliphatic rings. The molecule has 0 saturated carbocycles. The average Bonchev–Trinajstić information content (AvgIpc) is 2.81. The van der Waals surface area contributed by atoms with Crippen LogP contribution in [0.3, 0.4) is 0 Å². The van der Waals surface area contributed by atoms with Crippen molar-refractivity contribution >= 4 is 5.97 Å². The van der Waals surface area contributed by atoms with Crippen LogP contribution in [0.25, 0.3) is 0 Å². The van der Waals surface area contributed by atoms with Crippen molar-refractivity contribution < 1.29 is 9.90 Å². The molecule has 1 aromatic carbocycles. The Balaban J connectivity index is 1.87. The second-order valence-electron chi connectivity index (χ2n) is 5.15. The molecule has 0 radical (unpaired) electrons. The predicted octanol–water partition coefficient (Wildman–Crippen LogP) is 2.62. The Labute approximate surface area is 111 Å². The maximum Gasteiger partial charge on any atom is 0.356 e. The Morgan fingerprint density at radius 1 is 1.47 bits per heavy atom. The molecule has 4 nitrogen and oxygen atoms in total. The Morgan fingerprint density at radius 2 is 2.32 bits per heavy atom. The number of rotatable bonds is 2. The number of carboxylic acid groups (broad SMARTS) is 1. The monoisotopic (exact) mass is 256 g/mol. The van der Waals surface area contributed by atoms with E-state index in [4.69, 9.17) is 5.11 Å². The van der Waals surface area contributed by atoms with Crippen LogP contribution in [0.4, 0.5) is 0 Å². The number of hydrogen-bond acceptors (Lipinski definition) is 2. The third kappa shape index (κ3) is 2.26. The van der Waals surface area contributed by atoms with Gasteiger partial charge in [-0.15, -0.1) is 0 Å². The van der Waals surface area contributed by atoms with Crippen molar-refractivity contribution in [2.24, 2.45) is 0 Å². The summed E-state index contributed by atoms with van der Waals surface area (Å²) in [7, 11) is 0. The fourth-order valence-electron chi connectivity index (χ4n) is 2.74. The molecule has 2 heterocycles. The zero-order valence-electron chi connectivity index (χ0n) is 10.8. The van der Waals surface area contributed by atoms with Gasteiger partial charge < -0.3 is 9.67 Å². The third-order valence-electron chi connectivity index (χ3n) is 3.73. The minimum Gasteiger partial charge on any atom is -0.476 e. The number of fused-ring (bicyclic) bond motifs is 1. The number of carboxylic acids is 1. The van der Waals surface area contributed by atoms with Gasteiger partial charge in [-0.3, -0.25) is 0 Å². The zero-order chi connectivity index (χ0) is 13.4. The summed E-state index contributed by atoms with van der Waals surface area (Å²) in [5.41, 5.74) is 2.75. The van der Waals surface area contributed by atoms with Crippen molar-refractivity contribution in [3.05, 3.63) is 53.1 Å². The lowest BCUT2D eigenvalue weighted by Crippen LogP contribution is -2.18. The molecule has 1 aromatic heterocycles. The summed E-state index contributed by atoms with van der Waals surface area (Å²) in [5, 5.41) is 8.98. The smallest absolute Gasteiger partial charge is 0.356 e. The summed E-state index contributed by atoms with van der Waals surface area (Å²) in [6.45, 7) is 2.91. The lowest BCUT2D eigenvalue weighted by atomic mass is 9.91. The van der Waals surface area contributed by atoms with Crippen molar-refractivity contribution in [2.75, 3.05) is 0 Å². The lowest BCUT2D eigenvalue weighted by molar-refractivity contribution is 0.0691. The molecule has 0 aliphatic carbocycles. The third-order valence-corrected chi connectivity index (χ3v) is 3.73. The van der Waals surface area contributed by atoms with Gasteiger partial charge in [-0.2, -0.15) is 0 Å². The van der Waals surface area contributed by atoms with Crippen molar-refractivity contribution in [3.8, 4) is 0 Å². The zero-order valence-corrected chi connectivity index (χ0v) is 10.8. The number of nitrogens with zero attached hydrogens (tertiary/aromatic N) is 2. The molecule has 1 N–H and O–H groups in total. The van der Waals surface area contributed by atoms with Gasteiger partial charge in [0.05, 0.1) is 0 Å². The molecule has 3 rings (SSSR count). The van der Waals surface area contributed by atoms with Gasteiger partial charge in [-0.1, -0.05) is 29.8 Å². The highest BCUT2D eigenvalue weighted by Crippen LogP contribution is 2.29. The van der Waals surface area contributed by atoms with E-state index in [2.05, 4.69) is 36.2 Å². The van der Waals surface area contributed by atoms with Crippen LogP contribution in [0.15, 0.2) is 30.5 Å². The van der Waals surface area contributed by atoms with E-state index in [0.29, 0.717) is 5.92 Å². The maximum absolute atomic E-state index is 10.9. The first kappa shape index (κ1) is 12.0. The van der Waals surface area contributed by atoms with Crippen LogP contribution in [0, 0.1) is 6.92 Å². The predicted molar refractivity (Wildman–Crippen MR) is 71.4 cm³/mol. The van der Waals surface area contributed by atoms with Crippen molar-refractivity contribution in [1.29, 1.82) is 0 Å². The average molecular weight is 256 g/mol. The molecule has 98 valence electrons. The molecule has 0 spiro atoms. The molecule has 1 aliphatic heterocycles. The SMILES string of the molecule is Cc1cccc(C2CCc3nc(C(=O)O)cn3C2)c1. The van der Waals surface area contributed by atoms with Crippen molar-refractivity contribution in [1.82, 2.24) is 9.55 Å². The highest BCUT2D eigenvalue weighted by molar-refractivity contribution is 5.85. The van der Waals surface area contributed by atoms with Crippen LogP contribution >= 0.6 is 0 Å². The van der Waals surface area contributed by atoms with E-state index in [-0.39, 0.29) is 5.69 Å². The van der Waals surface area contributed by atoms with E-state index in [1.54, 1.807) is 6.20 Å².